The van der Waals surface area contributed by atoms with Crippen LogP contribution in [0.3, 0.4) is 0 Å². The van der Waals surface area contributed by atoms with Crippen LogP contribution in [0.15, 0.2) is 0 Å². The first kappa shape index (κ1) is 18.1. The maximum atomic E-state index is 5.82. The van der Waals surface area contributed by atoms with Gasteiger partial charge in [0.1, 0.15) is 0 Å². The number of hydrogen-bond donors (Lipinski definition) is 0. The van der Waals surface area contributed by atoms with Crippen molar-refractivity contribution in [2.75, 3.05) is 13.2 Å². The van der Waals surface area contributed by atoms with Gasteiger partial charge < -0.3 is 13.3 Å². The zero-order chi connectivity index (χ0) is 13.8. The van der Waals surface area contributed by atoms with E-state index in [0.717, 1.165) is 12.3 Å². The standard InChI is InChI=1S/C14H31O3Si/c1-6-15-18(16-7-2)17-14(5)12-10-8-9-11-13(3)4/h13-14H,6-12H2,1-5H3. The van der Waals surface area contributed by atoms with E-state index in [2.05, 4.69) is 20.8 Å². The molecule has 0 aliphatic carbocycles. The van der Waals surface area contributed by atoms with Crippen molar-refractivity contribution in [2.45, 2.75) is 72.8 Å². The van der Waals surface area contributed by atoms with Crippen molar-refractivity contribution < 1.29 is 13.3 Å². The largest absolute Gasteiger partial charge is 0.577 e. The van der Waals surface area contributed by atoms with Crippen LogP contribution in [0.4, 0.5) is 0 Å². The lowest BCUT2D eigenvalue weighted by molar-refractivity contribution is 0.0659. The molecule has 0 aromatic heterocycles. The van der Waals surface area contributed by atoms with Crippen molar-refractivity contribution in [3.05, 3.63) is 0 Å². The Morgan fingerprint density at radius 1 is 0.833 bits per heavy atom. The minimum atomic E-state index is -1.50. The second-order valence-electron chi connectivity index (χ2n) is 5.08. The van der Waals surface area contributed by atoms with Gasteiger partial charge in [-0.15, -0.1) is 0 Å². The highest BCUT2D eigenvalue weighted by atomic mass is 28.3. The molecule has 0 N–H and O–H groups in total. The first-order chi connectivity index (χ1) is 8.60. The molecule has 0 aliphatic rings. The number of unbranched alkanes of at least 4 members (excludes halogenated alkanes) is 2. The summed E-state index contributed by atoms with van der Waals surface area (Å²) in [6, 6.07) is 0. The zero-order valence-corrected chi connectivity index (χ0v) is 13.8. The average Bonchev–Trinajstić information content (AvgIpc) is 2.28. The highest BCUT2D eigenvalue weighted by Gasteiger charge is 2.20. The molecule has 3 nitrogen and oxygen atoms in total. The summed E-state index contributed by atoms with van der Waals surface area (Å²) in [6.45, 7) is 12.0. The molecular weight excluding hydrogens is 244 g/mol. The van der Waals surface area contributed by atoms with Gasteiger partial charge in [0.2, 0.25) is 0 Å². The number of hydrogen-bond acceptors (Lipinski definition) is 3. The average molecular weight is 275 g/mol. The zero-order valence-electron chi connectivity index (χ0n) is 12.8. The van der Waals surface area contributed by atoms with E-state index in [1.54, 1.807) is 0 Å². The third-order valence-corrected chi connectivity index (χ3v) is 4.36. The van der Waals surface area contributed by atoms with Crippen molar-refractivity contribution in [3.8, 4) is 0 Å². The lowest BCUT2D eigenvalue weighted by Gasteiger charge is -2.18. The monoisotopic (exact) mass is 275 g/mol. The molecular formula is C14H31O3Si. The molecule has 0 amide bonds. The molecule has 0 spiro atoms. The molecule has 0 saturated heterocycles. The van der Waals surface area contributed by atoms with Crippen LogP contribution in [-0.4, -0.2) is 28.8 Å². The molecule has 4 heteroatoms. The molecule has 1 atom stereocenters. The van der Waals surface area contributed by atoms with Crippen molar-refractivity contribution in [2.24, 2.45) is 5.92 Å². The normalized spacial score (nSPS) is 13.5. The predicted molar refractivity (Wildman–Crippen MR) is 77.5 cm³/mol. The van der Waals surface area contributed by atoms with Crippen LogP contribution in [0.5, 0.6) is 0 Å². The Morgan fingerprint density at radius 2 is 1.39 bits per heavy atom. The van der Waals surface area contributed by atoms with E-state index in [0.29, 0.717) is 13.2 Å². The summed E-state index contributed by atoms with van der Waals surface area (Å²) >= 11 is 0. The summed E-state index contributed by atoms with van der Waals surface area (Å²) in [7, 11) is -1.50. The first-order valence-electron chi connectivity index (χ1n) is 7.39. The van der Waals surface area contributed by atoms with Crippen molar-refractivity contribution >= 4 is 9.53 Å². The topological polar surface area (TPSA) is 27.7 Å². The Hall–Kier alpha value is 0.0969. The Labute approximate surface area is 115 Å². The van der Waals surface area contributed by atoms with Crippen LogP contribution in [0, 0.1) is 5.92 Å². The smallest absolute Gasteiger partial charge is 0.371 e. The summed E-state index contributed by atoms with van der Waals surface area (Å²) in [6.07, 6.45) is 6.56. The van der Waals surface area contributed by atoms with Gasteiger partial charge in [0, 0.05) is 19.3 Å². The van der Waals surface area contributed by atoms with Crippen LogP contribution < -0.4 is 0 Å². The van der Waals surface area contributed by atoms with E-state index in [4.69, 9.17) is 13.3 Å². The summed E-state index contributed by atoms with van der Waals surface area (Å²) in [5, 5.41) is 0. The SMILES string of the molecule is CCO[Si](OCC)OC(C)CCCCCC(C)C. The number of rotatable bonds is 12. The second kappa shape index (κ2) is 12.1. The van der Waals surface area contributed by atoms with Crippen LogP contribution in [0.2, 0.25) is 0 Å². The molecule has 0 heterocycles. The van der Waals surface area contributed by atoms with Gasteiger partial charge in [-0.3, -0.25) is 0 Å². The van der Waals surface area contributed by atoms with Gasteiger partial charge in [0.25, 0.3) is 0 Å². The van der Waals surface area contributed by atoms with Gasteiger partial charge in [-0.05, 0) is 33.1 Å². The van der Waals surface area contributed by atoms with Crippen LogP contribution in [-0.2, 0) is 13.3 Å². The highest BCUT2D eigenvalue weighted by molar-refractivity contribution is 6.36. The first-order valence-corrected chi connectivity index (χ1v) is 8.61. The fourth-order valence-corrected chi connectivity index (χ4v) is 2.87. The molecule has 0 bridgehead atoms. The molecule has 1 unspecified atom stereocenters. The van der Waals surface area contributed by atoms with E-state index in [1.165, 1.54) is 25.7 Å². The summed E-state index contributed by atoms with van der Waals surface area (Å²) in [4.78, 5) is 0. The Kier molecular flexibility index (Phi) is 12.2. The second-order valence-corrected chi connectivity index (χ2v) is 6.39. The minimum absolute atomic E-state index is 0.246. The van der Waals surface area contributed by atoms with Gasteiger partial charge in [-0.1, -0.05) is 39.5 Å². The van der Waals surface area contributed by atoms with E-state index < -0.39 is 9.53 Å². The Balaban J connectivity index is 3.57. The lowest BCUT2D eigenvalue weighted by Crippen LogP contribution is -2.31. The molecule has 0 fully saturated rings. The molecule has 18 heavy (non-hydrogen) atoms. The molecule has 0 saturated carbocycles. The maximum Gasteiger partial charge on any atom is 0.577 e. The van der Waals surface area contributed by atoms with Gasteiger partial charge in [0.05, 0.1) is 0 Å². The molecule has 0 rings (SSSR count). The van der Waals surface area contributed by atoms with Crippen molar-refractivity contribution in [1.29, 1.82) is 0 Å². The quantitative estimate of drug-likeness (QED) is 0.397. The minimum Gasteiger partial charge on any atom is -0.371 e. The molecule has 0 aliphatic heterocycles. The van der Waals surface area contributed by atoms with E-state index in [9.17, 15) is 0 Å². The van der Waals surface area contributed by atoms with Crippen molar-refractivity contribution in [3.63, 3.8) is 0 Å². The predicted octanol–water partition coefficient (Wildman–Crippen LogP) is 4.06. The van der Waals surface area contributed by atoms with Crippen molar-refractivity contribution in [1.82, 2.24) is 0 Å². The fourth-order valence-electron chi connectivity index (χ4n) is 1.73. The Bertz CT molecular complexity index is 170. The molecule has 0 aromatic rings. The highest BCUT2D eigenvalue weighted by Crippen LogP contribution is 2.12. The summed E-state index contributed by atoms with van der Waals surface area (Å²) in [5.74, 6) is 0.824. The fraction of sp³-hybridized carbons (Fsp3) is 1.00. The van der Waals surface area contributed by atoms with Crippen LogP contribution in [0.25, 0.3) is 0 Å². The van der Waals surface area contributed by atoms with Gasteiger partial charge >= 0.3 is 9.53 Å². The Morgan fingerprint density at radius 3 is 1.89 bits per heavy atom. The van der Waals surface area contributed by atoms with E-state index >= 15 is 0 Å². The van der Waals surface area contributed by atoms with Gasteiger partial charge in [0.15, 0.2) is 0 Å². The maximum absolute atomic E-state index is 5.82. The van der Waals surface area contributed by atoms with Crippen LogP contribution >= 0.6 is 0 Å². The van der Waals surface area contributed by atoms with Gasteiger partial charge in [-0.25, -0.2) is 0 Å². The summed E-state index contributed by atoms with van der Waals surface area (Å²) in [5.41, 5.74) is 0. The van der Waals surface area contributed by atoms with Crippen LogP contribution in [0.1, 0.15) is 66.7 Å². The third kappa shape index (κ3) is 11.2. The molecule has 1 radical (unpaired) electrons. The lowest BCUT2D eigenvalue weighted by atomic mass is 10.0. The van der Waals surface area contributed by atoms with E-state index in [1.807, 2.05) is 13.8 Å². The third-order valence-electron chi connectivity index (χ3n) is 2.71. The van der Waals surface area contributed by atoms with Gasteiger partial charge in [-0.2, -0.15) is 0 Å². The summed E-state index contributed by atoms with van der Waals surface area (Å²) < 4.78 is 16.8. The molecule has 109 valence electrons. The van der Waals surface area contributed by atoms with E-state index in [-0.39, 0.29) is 6.10 Å². The molecule has 0 aromatic carbocycles.